The molecule has 0 N–H and O–H groups in total. The predicted octanol–water partition coefficient (Wildman–Crippen LogP) is 2.23. The molecule has 0 unspecified atom stereocenters. The number of halogens is 1. The average Bonchev–Trinajstić information content (AvgIpc) is 2.37. The van der Waals surface area contributed by atoms with Gasteiger partial charge in [0.05, 0.1) is 10.5 Å². The Morgan fingerprint density at radius 2 is 2.00 bits per heavy atom. The Kier molecular flexibility index (Phi) is 4.25. The van der Waals surface area contributed by atoms with Crippen LogP contribution >= 0.6 is 11.6 Å². The Morgan fingerprint density at radius 3 is 2.55 bits per heavy atom. The van der Waals surface area contributed by atoms with Crippen LogP contribution < -0.4 is 4.90 Å². The molecule has 1 saturated heterocycles. The molecule has 2 heterocycles. The average molecular weight is 318 g/mol. The minimum absolute atomic E-state index is 0.162. The van der Waals surface area contributed by atoms with E-state index in [1.54, 1.807) is 13.0 Å². The summed E-state index contributed by atoms with van der Waals surface area (Å²) in [6, 6.07) is 1.70. The molecule has 0 amide bonds. The molecular formula is C13H20ClN3O2S. The number of aryl methyl sites for hydroxylation is 1. The maximum Gasteiger partial charge on any atom is 0.159 e. The van der Waals surface area contributed by atoms with Crippen LogP contribution in [0.3, 0.4) is 0 Å². The van der Waals surface area contributed by atoms with E-state index >= 15 is 0 Å². The summed E-state index contributed by atoms with van der Waals surface area (Å²) in [5, 5.41) is 0.388. The van der Waals surface area contributed by atoms with E-state index in [9.17, 15) is 8.42 Å². The molecule has 0 radical (unpaired) electrons. The zero-order valence-electron chi connectivity index (χ0n) is 12.1. The fourth-order valence-electron chi connectivity index (χ4n) is 2.76. The van der Waals surface area contributed by atoms with Crippen molar-refractivity contribution in [3.63, 3.8) is 0 Å². The summed E-state index contributed by atoms with van der Waals surface area (Å²) < 4.78 is 24.1. The molecule has 1 aliphatic heterocycles. The van der Waals surface area contributed by atoms with Crippen molar-refractivity contribution in [2.45, 2.75) is 38.4 Å². The van der Waals surface area contributed by atoms with Gasteiger partial charge in [0, 0.05) is 19.2 Å². The van der Waals surface area contributed by atoms with Gasteiger partial charge < -0.3 is 4.90 Å². The highest BCUT2D eigenvalue weighted by Gasteiger charge is 2.45. The van der Waals surface area contributed by atoms with Gasteiger partial charge in [-0.05, 0) is 19.8 Å². The third kappa shape index (κ3) is 2.63. The van der Waals surface area contributed by atoms with Crippen LogP contribution in [-0.2, 0) is 9.84 Å². The van der Waals surface area contributed by atoms with Crippen LogP contribution in [-0.4, -0.2) is 42.0 Å². The molecule has 1 aromatic heterocycles. The molecule has 112 valence electrons. The number of hydrogen-bond acceptors (Lipinski definition) is 5. The molecule has 1 aliphatic rings. The third-order valence-corrected chi connectivity index (χ3v) is 7.11. The number of rotatable bonds is 3. The normalized spacial score (nSPS) is 20.9. The van der Waals surface area contributed by atoms with Crippen LogP contribution in [0.2, 0.25) is 5.15 Å². The van der Waals surface area contributed by atoms with Crippen molar-refractivity contribution in [3.05, 3.63) is 17.0 Å². The Bertz CT molecular complexity index is 579. The van der Waals surface area contributed by atoms with Crippen LogP contribution in [0.1, 0.15) is 32.5 Å². The zero-order valence-corrected chi connectivity index (χ0v) is 13.6. The van der Waals surface area contributed by atoms with E-state index in [1.165, 1.54) is 0 Å². The second-order valence-electron chi connectivity index (χ2n) is 5.23. The number of nitrogens with zero attached hydrogens (tertiary/aromatic N) is 3. The summed E-state index contributed by atoms with van der Waals surface area (Å²) in [6.45, 7) is 6.57. The molecule has 20 heavy (non-hydrogen) atoms. The van der Waals surface area contributed by atoms with Crippen LogP contribution in [0.5, 0.6) is 0 Å². The summed E-state index contributed by atoms with van der Waals surface area (Å²) in [5.41, 5.74) is 0. The van der Waals surface area contributed by atoms with Crippen molar-refractivity contribution >= 4 is 27.3 Å². The Balaban J connectivity index is 2.37. The lowest BCUT2D eigenvalue weighted by Gasteiger charge is -2.41. The van der Waals surface area contributed by atoms with Crippen LogP contribution in [0.25, 0.3) is 0 Å². The molecule has 0 aromatic carbocycles. The first-order valence-corrected chi connectivity index (χ1v) is 8.85. The molecule has 0 atom stereocenters. The highest BCUT2D eigenvalue weighted by molar-refractivity contribution is 7.92. The lowest BCUT2D eigenvalue weighted by Crippen LogP contribution is -2.56. The van der Waals surface area contributed by atoms with Crippen molar-refractivity contribution in [1.82, 2.24) is 9.97 Å². The summed E-state index contributed by atoms with van der Waals surface area (Å²) in [4.78, 5) is 10.4. The van der Waals surface area contributed by atoms with Gasteiger partial charge in [0.1, 0.15) is 16.8 Å². The van der Waals surface area contributed by atoms with E-state index in [2.05, 4.69) is 9.97 Å². The molecule has 0 aliphatic carbocycles. The number of sulfone groups is 1. The molecule has 1 aromatic rings. The zero-order chi connectivity index (χ0) is 15.0. The minimum Gasteiger partial charge on any atom is -0.354 e. The van der Waals surface area contributed by atoms with Gasteiger partial charge in [-0.2, -0.15) is 0 Å². The first-order valence-electron chi connectivity index (χ1n) is 6.82. The van der Waals surface area contributed by atoms with E-state index in [1.807, 2.05) is 18.7 Å². The van der Waals surface area contributed by atoms with Gasteiger partial charge in [-0.25, -0.2) is 18.4 Å². The van der Waals surface area contributed by atoms with Crippen molar-refractivity contribution in [1.29, 1.82) is 0 Å². The summed E-state index contributed by atoms with van der Waals surface area (Å²) in [6.07, 6.45) is 1.22. The number of hydrogen-bond donors (Lipinski definition) is 0. The topological polar surface area (TPSA) is 63.2 Å². The lowest BCUT2D eigenvalue weighted by atomic mass is 10.0. The molecule has 7 heteroatoms. The fraction of sp³-hybridized carbons (Fsp3) is 0.692. The molecule has 0 saturated carbocycles. The first kappa shape index (κ1) is 15.5. The summed E-state index contributed by atoms with van der Waals surface area (Å²) in [5.74, 6) is 1.47. The van der Waals surface area contributed by atoms with Gasteiger partial charge in [0.2, 0.25) is 0 Å². The Morgan fingerprint density at radius 1 is 1.35 bits per heavy atom. The monoisotopic (exact) mass is 317 g/mol. The second-order valence-corrected chi connectivity index (χ2v) is 8.12. The lowest BCUT2D eigenvalue weighted by molar-refractivity contribution is 0.457. The Labute approximate surface area is 125 Å². The first-order chi connectivity index (χ1) is 9.33. The van der Waals surface area contributed by atoms with E-state index in [-0.39, 0.29) is 5.75 Å². The second kappa shape index (κ2) is 5.48. The molecule has 0 spiro atoms. The van der Waals surface area contributed by atoms with Crippen molar-refractivity contribution in [3.8, 4) is 0 Å². The van der Waals surface area contributed by atoms with Crippen molar-refractivity contribution < 1.29 is 8.42 Å². The van der Waals surface area contributed by atoms with E-state index in [0.717, 1.165) is 0 Å². The molecular weight excluding hydrogens is 298 g/mol. The van der Waals surface area contributed by atoms with Gasteiger partial charge in [-0.3, -0.25) is 0 Å². The van der Waals surface area contributed by atoms with Crippen molar-refractivity contribution in [2.75, 3.05) is 23.7 Å². The van der Waals surface area contributed by atoms with Gasteiger partial charge in [0.15, 0.2) is 9.84 Å². The quantitative estimate of drug-likeness (QED) is 0.800. The highest BCUT2D eigenvalue weighted by Crippen LogP contribution is 2.33. The number of aromatic nitrogens is 2. The minimum atomic E-state index is -3.06. The largest absolute Gasteiger partial charge is 0.354 e. The molecule has 1 fully saturated rings. The Hall–Kier alpha value is -0.880. The van der Waals surface area contributed by atoms with Crippen LogP contribution in [0.15, 0.2) is 6.07 Å². The van der Waals surface area contributed by atoms with E-state index in [0.29, 0.717) is 42.7 Å². The van der Waals surface area contributed by atoms with E-state index < -0.39 is 14.6 Å². The summed E-state index contributed by atoms with van der Waals surface area (Å²) >= 11 is 5.97. The van der Waals surface area contributed by atoms with Crippen LogP contribution in [0, 0.1) is 6.92 Å². The van der Waals surface area contributed by atoms with Gasteiger partial charge >= 0.3 is 0 Å². The maximum atomic E-state index is 12.4. The predicted molar refractivity (Wildman–Crippen MR) is 81.1 cm³/mol. The number of anilines is 1. The smallest absolute Gasteiger partial charge is 0.159 e. The molecule has 5 nitrogen and oxygen atoms in total. The standard InChI is InChI=1S/C13H20ClN3O2S/c1-4-13(5-2)9-17(6-7-20(13,18)19)12-8-11(14)15-10(3)16-12/h8H,4-7,9H2,1-3H3. The maximum absolute atomic E-state index is 12.4. The van der Waals surface area contributed by atoms with Crippen molar-refractivity contribution in [2.24, 2.45) is 0 Å². The van der Waals surface area contributed by atoms with Crippen LogP contribution in [0.4, 0.5) is 5.82 Å². The molecule has 2 rings (SSSR count). The summed E-state index contributed by atoms with van der Waals surface area (Å²) in [7, 11) is -3.06. The fourth-order valence-corrected chi connectivity index (χ4v) is 5.11. The van der Waals surface area contributed by atoms with Gasteiger partial charge in [-0.1, -0.05) is 25.4 Å². The third-order valence-electron chi connectivity index (χ3n) is 4.17. The highest BCUT2D eigenvalue weighted by atomic mass is 35.5. The molecule has 0 bridgehead atoms. The SMILES string of the molecule is CCC1(CC)CN(c2cc(Cl)nc(C)n2)CCS1(=O)=O. The van der Waals surface area contributed by atoms with Gasteiger partial charge in [0.25, 0.3) is 0 Å². The van der Waals surface area contributed by atoms with Gasteiger partial charge in [-0.15, -0.1) is 0 Å². The van der Waals surface area contributed by atoms with E-state index in [4.69, 9.17) is 11.6 Å².